The van der Waals surface area contributed by atoms with E-state index in [0.717, 1.165) is 11.3 Å². The Labute approximate surface area is 94.4 Å². The van der Waals surface area contributed by atoms with Gasteiger partial charge >= 0.3 is 0 Å². The third kappa shape index (κ3) is 1.64. The van der Waals surface area contributed by atoms with Gasteiger partial charge in [0.2, 0.25) is 5.79 Å². The number of allylic oxidation sites excluding steroid dienone is 5. The monoisotopic (exact) mass is 215 g/mol. The van der Waals surface area contributed by atoms with Gasteiger partial charge in [-0.25, -0.2) is 0 Å². The molecule has 0 bridgehead atoms. The molecule has 2 aliphatic heterocycles. The molecule has 1 aliphatic carbocycles. The van der Waals surface area contributed by atoms with E-state index in [-0.39, 0.29) is 0 Å². The van der Waals surface area contributed by atoms with E-state index in [9.17, 15) is 0 Å². The smallest absolute Gasteiger partial charge is 0.208 e. The Balaban J connectivity index is 1.99. The number of hydrogen-bond donors (Lipinski definition) is 1. The van der Waals surface area contributed by atoms with Crippen LogP contribution in [0.5, 0.6) is 0 Å². The standard InChI is InChI=1S/C13H13NO2/c1-4-12-11(3-2-8-14-12)5-7-13(6-1)15-9-10-16-13/h1-8,14H,9-10H2/b6-1-,7-5-,12-4+. The lowest BCUT2D eigenvalue weighted by atomic mass is 10.0. The van der Waals surface area contributed by atoms with Crippen molar-refractivity contribution in [1.29, 1.82) is 0 Å². The Kier molecular flexibility index (Phi) is 2.27. The third-order valence-electron chi connectivity index (χ3n) is 2.75. The average molecular weight is 215 g/mol. The molecule has 1 N–H and O–H groups in total. The van der Waals surface area contributed by atoms with E-state index in [2.05, 4.69) is 11.4 Å². The van der Waals surface area contributed by atoms with Crippen LogP contribution in [0.3, 0.4) is 0 Å². The Bertz CT molecular complexity index is 435. The lowest BCUT2D eigenvalue weighted by molar-refractivity contribution is -0.0743. The van der Waals surface area contributed by atoms with E-state index in [1.807, 2.05) is 42.7 Å². The van der Waals surface area contributed by atoms with Gasteiger partial charge in [-0.3, -0.25) is 0 Å². The zero-order valence-corrected chi connectivity index (χ0v) is 8.85. The summed E-state index contributed by atoms with van der Waals surface area (Å²) in [7, 11) is 0. The molecule has 3 nitrogen and oxygen atoms in total. The minimum absolute atomic E-state index is 0.641. The third-order valence-corrected chi connectivity index (χ3v) is 2.75. The minimum atomic E-state index is -0.663. The molecule has 0 amide bonds. The van der Waals surface area contributed by atoms with Gasteiger partial charge in [-0.1, -0.05) is 18.2 Å². The molecule has 3 heteroatoms. The lowest BCUT2D eigenvalue weighted by Crippen LogP contribution is -2.25. The molecule has 3 aliphatic rings. The summed E-state index contributed by atoms with van der Waals surface area (Å²) in [5, 5.41) is 3.20. The maximum Gasteiger partial charge on any atom is 0.208 e. The molecular formula is C13H13NO2. The summed E-state index contributed by atoms with van der Waals surface area (Å²) in [5.74, 6) is -0.663. The van der Waals surface area contributed by atoms with Crippen molar-refractivity contribution in [2.24, 2.45) is 0 Å². The van der Waals surface area contributed by atoms with E-state index >= 15 is 0 Å². The topological polar surface area (TPSA) is 30.5 Å². The summed E-state index contributed by atoms with van der Waals surface area (Å²) < 4.78 is 11.2. The van der Waals surface area contributed by atoms with Crippen molar-refractivity contribution in [2.75, 3.05) is 13.2 Å². The zero-order valence-electron chi connectivity index (χ0n) is 8.85. The number of ether oxygens (including phenoxy) is 2. The van der Waals surface area contributed by atoms with Gasteiger partial charge in [-0.05, 0) is 29.9 Å². The fourth-order valence-electron chi connectivity index (χ4n) is 1.93. The second kappa shape index (κ2) is 3.77. The molecule has 0 aromatic carbocycles. The Morgan fingerprint density at radius 1 is 1.06 bits per heavy atom. The van der Waals surface area contributed by atoms with Crippen LogP contribution in [0, 0.1) is 0 Å². The van der Waals surface area contributed by atoms with Crippen LogP contribution in [-0.2, 0) is 9.47 Å². The predicted octanol–water partition coefficient (Wildman–Crippen LogP) is 1.78. The molecule has 0 unspecified atom stereocenters. The number of rotatable bonds is 0. The zero-order chi connectivity index (χ0) is 10.8. The Morgan fingerprint density at radius 2 is 1.94 bits per heavy atom. The fraction of sp³-hybridized carbons (Fsp3) is 0.231. The van der Waals surface area contributed by atoms with Gasteiger partial charge in [-0.2, -0.15) is 0 Å². The normalized spacial score (nSPS) is 32.8. The molecule has 0 aromatic heterocycles. The first-order valence-corrected chi connectivity index (χ1v) is 5.38. The van der Waals surface area contributed by atoms with Gasteiger partial charge in [0.15, 0.2) is 0 Å². The van der Waals surface area contributed by atoms with Crippen molar-refractivity contribution < 1.29 is 9.47 Å². The van der Waals surface area contributed by atoms with Gasteiger partial charge in [0.05, 0.1) is 13.2 Å². The van der Waals surface area contributed by atoms with E-state index in [4.69, 9.17) is 9.47 Å². The maximum absolute atomic E-state index is 5.61. The fourth-order valence-corrected chi connectivity index (χ4v) is 1.93. The molecule has 16 heavy (non-hydrogen) atoms. The highest BCUT2D eigenvalue weighted by Gasteiger charge is 2.31. The molecule has 1 saturated heterocycles. The average Bonchev–Trinajstić information content (AvgIpc) is 2.75. The first kappa shape index (κ1) is 9.63. The molecular weight excluding hydrogens is 202 g/mol. The Morgan fingerprint density at radius 3 is 2.81 bits per heavy atom. The second-order valence-corrected chi connectivity index (χ2v) is 3.82. The van der Waals surface area contributed by atoms with Gasteiger partial charge < -0.3 is 14.8 Å². The quantitative estimate of drug-likeness (QED) is 0.668. The van der Waals surface area contributed by atoms with Gasteiger partial charge in [0.1, 0.15) is 0 Å². The highest BCUT2D eigenvalue weighted by Crippen LogP contribution is 2.26. The van der Waals surface area contributed by atoms with Crippen LogP contribution in [0.2, 0.25) is 0 Å². The minimum Gasteiger partial charge on any atom is -0.361 e. The molecule has 0 radical (unpaired) electrons. The number of dihydropyridines is 1. The van der Waals surface area contributed by atoms with E-state index < -0.39 is 5.79 Å². The van der Waals surface area contributed by atoms with E-state index in [1.165, 1.54) is 0 Å². The molecule has 2 heterocycles. The van der Waals surface area contributed by atoms with Gasteiger partial charge in [0.25, 0.3) is 0 Å². The van der Waals surface area contributed by atoms with Crippen LogP contribution < -0.4 is 5.32 Å². The van der Waals surface area contributed by atoms with Crippen molar-refractivity contribution in [3.05, 3.63) is 60.0 Å². The summed E-state index contributed by atoms with van der Waals surface area (Å²) in [6.45, 7) is 1.28. The maximum atomic E-state index is 5.61. The van der Waals surface area contributed by atoms with Crippen molar-refractivity contribution in [1.82, 2.24) is 5.32 Å². The van der Waals surface area contributed by atoms with Crippen molar-refractivity contribution in [3.63, 3.8) is 0 Å². The molecule has 1 fully saturated rings. The van der Waals surface area contributed by atoms with Crippen molar-refractivity contribution in [3.8, 4) is 0 Å². The van der Waals surface area contributed by atoms with Crippen LogP contribution >= 0.6 is 0 Å². The highest BCUT2D eigenvalue weighted by atomic mass is 16.7. The van der Waals surface area contributed by atoms with Gasteiger partial charge in [-0.15, -0.1) is 0 Å². The summed E-state index contributed by atoms with van der Waals surface area (Å²) in [5.41, 5.74) is 2.22. The van der Waals surface area contributed by atoms with Crippen LogP contribution in [0.15, 0.2) is 60.0 Å². The van der Waals surface area contributed by atoms with Crippen LogP contribution in [0.25, 0.3) is 0 Å². The lowest BCUT2D eigenvalue weighted by Gasteiger charge is -2.21. The van der Waals surface area contributed by atoms with Gasteiger partial charge in [0, 0.05) is 11.9 Å². The van der Waals surface area contributed by atoms with Crippen LogP contribution in [-0.4, -0.2) is 19.0 Å². The van der Waals surface area contributed by atoms with E-state index in [1.54, 1.807) is 0 Å². The van der Waals surface area contributed by atoms with Crippen molar-refractivity contribution >= 4 is 0 Å². The first-order valence-electron chi connectivity index (χ1n) is 5.38. The summed E-state index contributed by atoms with van der Waals surface area (Å²) >= 11 is 0. The predicted molar refractivity (Wildman–Crippen MR) is 61.4 cm³/mol. The molecule has 0 atom stereocenters. The molecule has 1 spiro atoms. The summed E-state index contributed by atoms with van der Waals surface area (Å²) in [4.78, 5) is 0. The number of nitrogens with one attached hydrogen (secondary N) is 1. The van der Waals surface area contributed by atoms with Crippen LogP contribution in [0.1, 0.15) is 0 Å². The molecule has 3 rings (SSSR count). The summed E-state index contributed by atoms with van der Waals surface area (Å²) in [6.07, 6.45) is 15.8. The number of fused-ring (bicyclic) bond motifs is 1. The van der Waals surface area contributed by atoms with E-state index in [0.29, 0.717) is 13.2 Å². The molecule has 82 valence electrons. The first-order chi connectivity index (χ1) is 7.88. The highest BCUT2D eigenvalue weighted by molar-refractivity contribution is 5.47. The molecule has 0 aromatic rings. The Hall–Kier alpha value is -1.58. The number of hydrogen-bond acceptors (Lipinski definition) is 3. The SMILES string of the molecule is C1=CN/C2=C/C=C\C3(/C=C\C2=C1)OCCO3. The van der Waals surface area contributed by atoms with Crippen LogP contribution in [0.4, 0.5) is 0 Å². The second-order valence-electron chi connectivity index (χ2n) is 3.82. The summed E-state index contributed by atoms with van der Waals surface area (Å²) in [6, 6.07) is 0. The largest absolute Gasteiger partial charge is 0.361 e. The van der Waals surface area contributed by atoms with Crippen molar-refractivity contribution in [2.45, 2.75) is 5.79 Å². The molecule has 0 saturated carbocycles.